The third-order valence-electron chi connectivity index (χ3n) is 6.73. The van der Waals surface area contributed by atoms with Crippen LogP contribution < -0.4 is 10.1 Å². The third kappa shape index (κ3) is 4.53. The Morgan fingerprint density at radius 1 is 0.972 bits per heavy atom. The molecule has 2 aromatic carbocycles. The fourth-order valence-electron chi connectivity index (χ4n) is 5.25. The monoisotopic (exact) mass is 489 g/mol. The number of para-hydroxylation sites is 1. The summed E-state index contributed by atoms with van der Waals surface area (Å²) in [6.07, 6.45) is 0.410. The van der Waals surface area contributed by atoms with Gasteiger partial charge in [-0.3, -0.25) is 9.59 Å². The van der Waals surface area contributed by atoms with Crippen LogP contribution in [0.2, 0.25) is 0 Å². The highest BCUT2D eigenvalue weighted by Crippen LogP contribution is 2.49. The maximum absolute atomic E-state index is 14.3. The van der Waals surface area contributed by atoms with Crippen molar-refractivity contribution < 1.29 is 28.6 Å². The van der Waals surface area contributed by atoms with Gasteiger partial charge in [0.25, 0.3) is 0 Å². The molecular weight excluding hydrogens is 458 g/mol. The second kappa shape index (κ2) is 10.8. The van der Waals surface area contributed by atoms with E-state index in [1.165, 1.54) is 0 Å². The SMILES string of the molecule is CCOC(=O)C1=C(C)NC2=C(C(=O)C(C(=O)OCC)C(c3ccccc3)C2)C1c1ccccc1OC. The Morgan fingerprint density at radius 3 is 2.31 bits per heavy atom. The van der Waals surface area contributed by atoms with Crippen LogP contribution in [0, 0.1) is 5.92 Å². The highest BCUT2D eigenvalue weighted by Gasteiger charge is 2.49. The molecule has 1 N–H and O–H groups in total. The molecule has 0 radical (unpaired) electrons. The van der Waals surface area contributed by atoms with Crippen molar-refractivity contribution in [3.63, 3.8) is 0 Å². The summed E-state index contributed by atoms with van der Waals surface area (Å²) in [4.78, 5) is 40.7. The van der Waals surface area contributed by atoms with Crippen LogP contribution in [-0.2, 0) is 23.9 Å². The molecule has 0 bridgehead atoms. The number of benzene rings is 2. The standard InChI is InChI=1S/C29H31NO6/c1-5-35-28(32)23-17(3)30-21-16-20(18-12-8-7-9-13-18)25(29(33)36-6-2)27(31)26(21)24(23)19-14-10-11-15-22(19)34-4/h7-15,20,24-25,30H,5-6,16H2,1-4H3. The summed E-state index contributed by atoms with van der Waals surface area (Å²) in [6, 6.07) is 16.8. The zero-order chi connectivity index (χ0) is 25.8. The number of Topliss-reactive ketones (excluding diaryl/α,β-unsaturated/α-hetero) is 1. The van der Waals surface area contributed by atoms with E-state index < -0.39 is 29.7 Å². The molecule has 188 valence electrons. The zero-order valence-electron chi connectivity index (χ0n) is 21.0. The van der Waals surface area contributed by atoms with Gasteiger partial charge in [0.1, 0.15) is 11.7 Å². The molecule has 0 fully saturated rings. The van der Waals surface area contributed by atoms with Crippen LogP contribution in [0.15, 0.2) is 77.1 Å². The number of hydrogen-bond acceptors (Lipinski definition) is 7. The number of methoxy groups -OCH3 is 1. The fourth-order valence-corrected chi connectivity index (χ4v) is 5.25. The van der Waals surface area contributed by atoms with E-state index in [0.717, 1.165) is 5.56 Å². The Morgan fingerprint density at radius 2 is 1.64 bits per heavy atom. The first-order valence-corrected chi connectivity index (χ1v) is 12.2. The molecule has 0 aromatic heterocycles. The third-order valence-corrected chi connectivity index (χ3v) is 6.73. The van der Waals surface area contributed by atoms with Crippen LogP contribution in [0.4, 0.5) is 0 Å². The van der Waals surface area contributed by atoms with Gasteiger partial charge in [0.2, 0.25) is 0 Å². The van der Waals surface area contributed by atoms with Gasteiger partial charge in [0.05, 0.1) is 31.8 Å². The van der Waals surface area contributed by atoms with Gasteiger partial charge in [-0.05, 0) is 38.8 Å². The van der Waals surface area contributed by atoms with Gasteiger partial charge in [-0.2, -0.15) is 0 Å². The summed E-state index contributed by atoms with van der Waals surface area (Å²) in [5, 5.41) is 3.31. The van der Waals surface area contributed by atoms with E-state index in [1.807, 2.05) is 48.5 Å². The summed E-state index contributed by atoms with van der Waals surface area (Å²) < 4.78 is 16.4. The van der Waals surface area contributed by atoms with E-state index in [0.29, 0.717) is 40.3 Å². The van der Waals surface area contributed by atoms with Gasteiger partial charge in [-0.15, -0.1) is 0 Å². The number of hydrogen-bond donors (Lipinski definition) is 1. The first-order chi connectivity index (χ1) is 17.4. The van der Waals surface area contributed by atoms with Crippen molar-refractivity contribution in [1.29, 1.82) is 0 Å². The molecule has 0 spiro atoms. The average Bonchev–Trinajstić information content (AvgIpc) is 2.88. The summed E-state index contributed by atoms with van der Waals surface area (Å²) >= 11 is 0. The molecule has 1 aliphatic carbocycles. The molecule has 36 heavy (non-hydrogen) atoms. The highest BCUT2D eigenvalue weighted by molar-refractivity contribution is 6.13. The second-order valence-corrected chi connectivity index (χ2v) is 8.77. The minimum absolute atomic E-state index is 0.164. The lowest BCUT2D eigenvalue weighted by Crippen LogP contribution is -2.43. The predicted molar refractivity (Wildman–Crippen MR) is 134 cm³/mol. The van der Waals surface area contributed by atoms with Crippen molar-refractivity contribution in [2.45, 2.75) is 39.0 Å². The van der Waals surface area contributed by atoms with Crippen LogP contribution in [0.25, 0.3) is 0 Å². The molecule has 1 aliphatic heterocycles. The molecule has 0 amide bonds. The Hall–Kier alpha value is -3.87. The van der Waals surface area contributed by atoms with Crippen molar-refractivity contribution >= 4 is 17.7 Å². The molecular formula is C29H31NO6. The molecule has 2 aromatic rings. The Labute approximate surface area is 211 Å². The minimum atomic E-state index is -1.04. The fraction of sp³-hybridized carbons (Fsp3) is 0.345. The average molecular weight is 490 g/mol. The normalized spacial score (nSPS) is 21.4. The van der Waals surface area contributed by atoms with Gasteiger partial charge in [-0.1, -0.05) is 48.5 Å². The number of carbonyl (C=O) groups is 3. The molecule has 1 heterocycles. The topological polar surface area (TPSA) is 90.9 Å². The Bertz CT molecular complexity index is 1230. The first-order valence-electron chi connectivity index (χ1n) is 12.2. The van der Waals surface area contributed by atoms with E-state index >= 15 is 0 Å². The summed E-state index contributed by atoms with van der Waals surface area (Å²) in [7, 11) is 1.55. The van der Waals surface area contributed by atoms with Gasteiger partial charge in [0, 0.05) is 28.4 Å². The molecule has 3 unspecified atom stereocenters. The van der Waals surface area contributed by atoms with Gasteiger partial charge >= 0.3 is 11.9 Å². The number of rotatable bonds is 7. The van der Waals surface area contributed by atoms with Crippen molar-refractivity contribution in [2.75, 3.05) is 20.3 Å². The summed E-state index contributed by atoms with van der Waals surface area (Å²) in [5.74, 6) is -3.09. The second-order valence-electron chi connectivity index (χ2n) is 8.77. The lowest BCUT2D eigenvalue weighted by atomic mass is 9.67. The van der Waals surface area contributed by atoms with Gasteiger partial charge in [0.15, 0.2) is 5.78 Å². The quantitative estimate of drug-likeness (QED) is 0.455. The van der Waals surface area contributed by atoms with Crippen LogP contribution in [0.3, 0.4) is 0 Å². The number of ketones is 1. The molecule has 7 heteroatoms. The van der Waals surface area contributed by atoms with Crippen molar-refractivity contribution in [3.8, 4) is 5.75 Å². The maximum Gasteiger partial charge on any atom is 0.336 e. The zero-order valence-corrected chi connectivity index (χ0v) is 21.0. The summed E-state index contributed by atoms with van der Waals surface area (Å²) in [6.45, 7) is 5.61. The predicted octanol–water partition coefficient (Wildman–Crippen LogP) is 4.41. The number of allylic oxidation sites excluding steroid dienone is 3. The number of nitrogens with one attached hydrogen (secondary N) is 1. The van der Waals surface area contributed by atoms with Crippen molar-refractivity contribution in [3.05, 3.63) is 88.3 Å². The highest BCUT2D eigenvalue weighted by atomic mass is 16.5. The molecule has 0 saturated carbocycles. The van der Waals surface area contributed by atoms with E-state index in [2.05, 4.69) is 5.32 Å². The number of esters is 2. The molecule has 7 nitrogen and oxygen atoms in total. The molecule has 3 atom stereocenters. The van der Waals surface area contributed by atoms with Gasteiger partial charge in [-0.25, -0.2) is 4.79 Å². The van der Waals surface area contributed by atoms with Crippen molar-refractivity contribution in [1.82, 2.24) is 5.32 Å². The van der Waals surface area contributed by atoms with Crippen LogP contribution in [0.1, 0.15) is 50.2 Å². The van der Waals surface area contributed by atoms with E-state index in [9.17, 15) is 14.4 Å². The van der Waals surface area contributed by atoms with Crippen LogP contribution >= 0.6 is 0 Å². The van der Waals surface area contributed by atoms with Gasteiger partial charge < -0.3 is 19.5 Å². The first kappa shape index (κ1) is 25.2. The number of carbonyl (C=O) groups excluding carboxylic acids is 3. The number of ether oxygens (including phenoxy) is 3. The molecule has 4 rings (SSSR count). The van der Waals surface area contributed by atoms with E-state index in [1.54, 1.807) is 33.9 Å². The molecule has 0 saturated heterocycles. The summed E-state index contributed by atoms with van der Waals surface area (Å²) in [5.41, 5.74) is 3.54. The molecule has 2 aliphatic rings. The maximum atomic E-state index is 14.3. The minimum Gasteiger partial charge on any atom is -0.496 e. The lowest BCUT2D eigenvalue weighted by Gasteiger charge is -2.39. The van der Waals surface area contributed by atoms with E-state index in [4.69, 9.17) is 14.2 Å². The van der Waals surface area contributed by atoms with Crippen LogP contribution in [-0.4, -0.2) is 38.0 Å². The smallest absolute Gasteiger partial charge is 0.336 e. The van der Waals surface area contributed by atoms with E-state index in [-0.39, 0.29) is 19.0 Å². The number of dihydropyridines is 1. The lowest BCUT2D eigenvalue weighted by molar-refractivity contribution is -0.152. The van der Waals surface area contributed by atoms with Crippen LogP contribution in [0.5, 0.6) is 5.75 Å². The Kier molecular flexibility index (Phi) is 7.58. The Balaban J connectivity index is 1.93. The van der Waals surface area contributed by atoms with Crippen molar-refractivity contribution in [2.24, 2.45) is 5.92 Å². The largest absolute Gasteiger partial charge is 0.496 e.